The number of amides is 1. The Hall–Kier alpha value is -3.74. The summed E-state index contributed by atoms with van der Waals surface area (Å²) in [5.41, 5.74) is 3.54. The van der Waals surface area contributed by atoms with Gasteiger partial charge in [0.15, 0.2) is 0 Å². The van der Waals surface area contributed by atoms with E-state index in [1.54, 1.807) is 25.3 Å². The van der Waals surface area contributed by atoms with E-state index in [9.17, 15) is 9.59 Å². The van der Waals surface area contributed by atoms with Gasteiger partial charge in [-0.05, 0) is 36.4 Å². The maximum Gasteiger partial charge on any atom is 0.274 e. The number of aliphatic imine (C=N–C) groups is 1. The number of Topliss-reactive ketones (excluding diaryl/α,β-unsaturated/α-hetero) is 1. The third-order valence-corrected chi connectivity index (χ3v) is 4.29. The van der Waals surface area contributed by atoms with Crippen molar-refractivity contribution in [3.05, 3.63) is 65.9 Å². The summed E-state index contributed by atoms with van der Waals surface area (Å²) in [6, 6.07) is 16.3. The van der Waals surface area contributed by atoms with E-state index in [0.717, 1.165) is 11.3 Å². The fourth-order valence-electron chi connectivity index (χ4n) is 2.87. The number of para-hydroxylation sites is 1. The first-order valence-corrected chi connectivity index (χ1v) is 8.34. The molecule has 7 nitrogen and oxygen atoms in total. The molecule has 27 heavy (non-hydrogen) atoms. The minimum atomic E-state index is -0.299. The van der Waals surface area contributed by atoms with E-state index in [1.807, 2.05) is 36.4 Å². The molecule has 0 saturated carbocycles. The van der Waals surface area contributed by atoms with Gasteiger partial charge in [-0.3, -0.25) is 19.7 Å². The molecular weight excluding hydrogens is 344 g/mol. The number of fused-ring (bicyclic) bond motifs is 1. The molecule has 0 radical (unpaired) electrons. The molecule has 1 aromatic heterocycles. The second kappa shape index (κ2) is 6.87. The van der Waals surface area contributed by atoms with Gasteiger partial charge in [-0.2, -0.15) is 5.10 Å². The Morgan fingerprint density at radius 3 is 2.70 bits per heavy atom. The molecule has 2 heterocycles. The van der Waals surface area contributed by atoms with E-state index in [0.29, 0.717) is 22.6 Å². The Kier molecular flexibility index (Phi) is 4.25. The quantitative estimate of drug-likeness (QED) is 0.684. The number of nitrogens with zero attached hydrogens (tertiary/aromatic N) is 2. The summed E-state index contributed by atoms with van der Waals surface area (Å²) in [7, 11) is 1.60. The molecule has 134 valence electrons. The minimum absolute atomic E-state index is 0.138. The van der Waals surface area contributed by atoms with Crippen molar-refractivity contribution in [2.45, 2.75) is 0 Å². The molecule has 1 amide bonds. The molecule has 2 aromatic carbocycles. The zero-order chi connectivity index (χ0) is 18.8. The van der Waals surface area contributed by atoms with Crippen LogP contribution in [0.5, 0.6) is 5.75 Å². The minimum Gasteiger partial charge on any atom is -0.497 e. The van der Waals surface area contributed by atoms with Crippen LogP contribution in [0.15, 0.2) is 59.6 Å². The Bertz CT molecular complexity index is 1050. The van der Waals surface area contributed by atoms with Gasteiger partial charge in [-0.15, -0.1) is 0 Å². The fraction of sp³-hybridized carbons (Fsp3) is 0.100. The number of rotatable bonds is 5. The van der Waals surface area contributed by atoms with E-state index in [4.69, 9.17) is 4.74 Å². The summed E-state index contributed by atoms with van der Waals surface area (Å²) in [5.74, 6) is 0.205. The van der Waals surface area contributed by atoms with Crippen molar-refractivity contribution in [1.82, 2.24) is 10.2 Å². The number of hydrogen-bond donors (Lipinski definition) is 2. The van der Waals surface area contributed by atoms with Crippen LogP contribution < -0.4 is 10.1 Å². The molecule has 0 unspecified atom stereocenters. The second-order valence-electron chi connectivity index (χ2n) is 5.98. The first-order valence-electron chi connectivity index (χ1n) is 8.34. The van der Waals surface area contributed by atoms with Gasteiger partial charge in [0.05, 0.1) is 18.5 Å². The number of nitrogens with one attached hydrogen (secondary N) is 2. The second-order valence-corrected chi connectivity index (χ2v) is 5.98. The molecule has 4 rings (SSSR count). The average Bonchev–Trinajstić information content (AvgIpc) is 3.31. The lowest BCUT2D eigenvalue weighted by molar-refractivity contribution is -0.110. The highest BCUT2D eigenvalue weighted by Crippen LogP contribution is 2.23. The third kappa shape index (κ3) is 3.22. The maximum absolute atomic E-state index is 12.4. The number of aromatic nitrogens is 2. The highest BCUT2D eigenvalue weighted by molar-refractivity contribution is 6.53. The molecular formula is C20H16N4O3. The van der Waals surface area contributed by atoms with Gasteiger partial charge in [0.2, 0.25) is 5.78 Å². The highest BCUT2D eigenvalue weighted by Gasteiger charge is 2.25. The lowest BCUT2D eigenvalue weighted by atomic mass is 10.1. The lowest BCUT2D eigenvalue weighted by Crippen LogP contribution is -2.16. The smallest absolute Gasteiger partial charge is 0.274 e. The SMILES string of the molecule is COc1ccc(-c2cc(C(=O)CN=C3C(=O)Nc4ccccc43)[nH]n2)cc1. The summed E-state index contributed by atoms with van der Waals surface area (Å²) in [5, 5.41) is 9.65. The third-order valence-electron chi connectivity index (χ3n) is 4.29. The number of ketones is 1. The molecule has 1 aliphatic heterocycles. The number of aromatic amines is 1. The standard InChI is InChI=1S/C20H16N4O3/c1-27-13-8-6-12(7-9-13)16-10-17(24-23-16)18(25)11-21-19-14-4-2-3-5-15(14)22-20(19)26/h2-10H,11H2,1H3,(H,23,24)(H,21,22,26). The van der Waals surface area contributed by atoms with Gasteiger partial charge in [0.1, 0.15) is 23.7 Å². The largest absolute Gasteiger partial charge is 0.497 e. The number of carbonyl (C=O) groups excluding carboxylic acids is 2. The topological polar surface area (TPSA) is 96.4 Å². The number of ether oxygens (including phenoxy) is 1. The average molecular weight is 360 g/mol. The van der Waals surface area contributed by atoms with Crippen LogP contribution in [0.1, 0.15) is 16.1 Å². The summed E-state index contributed by atoms with van der Waals surface area (Å²) in [6.07, 6.45) is 0. The van der Waals surface area contributed by atoms with Gasteiger partial charge in [0, 0.05) is 11.1 Å². The summed E-state index contributed by atoms with van der Waals surface area (Å²) in [4.78, 5) is 28.7. The van der Waals surface area contributed by atoms with Crippen molar-refractivity contribution >= 4 is 23.1 Å². The van der Waals surface area contributed by atoms with Crippen LogP contribution in [0.25, 0.3) is 11.3 Å². The van der Waals surface area contributed by atoms with E-state index in [-0.39, 0.29) is 23.9 Å². The van der Waals surface area contributed by atoms with E-state index < -0.39 is 0 Å². The van der Waals surface area contributed by atoms with Crippen LogP contribution in [-0.4, -0.2) is 41.3 Å². The van der Waals surface area contributed by atoms with Crippen LogP contribution in [0.4, 0.5) is 5.69 Å². The number of methoxy groups -OCH3 is 1. The first-order chi connectivity index (χ1) is 13.2. The molecule has 0 bridgehead atoms. The zero-order valence-electron chi connectivity index (χ0n) is 14.5. The van der Waals surface area contributed by atoms with Crippen molar-refractivity contribution in [3.63, 3.8) is 0 Å². The summed E-state index contributed by atoms with van der Waals surface area (Å²) < 4.78 is 5.13. The number of benzene rings is 2. The summed E-state index contributed by atoms with van der Waals surface area (Å²) in [6.45, 7) is -0.138. The molecule has 0 fully saturated rings. The van der Waals surface area contributed by atoms with Gasteiger partial charge in [-0.25, -0.2) is 0 Å². The highest BCUT2D eigenvalue weighted by atomic mass is 16.5. The normalized spacial score (nSPS) is 14.1. The molecule has 0 saturated heterocycles. The first kappa shape index (κ1) is 16.7. The molecule has 0 atom stereocenters. The van der Waals surface area contributed by atoms with Gasteiger partial charge in [0.25, 0.3) is 5.91 Å². The molecule has 0 spiro atoms. The lowest BCUT2D eigenvalue weighted by Gasteiger charge is -2.00. The Labute approximate surface area is 155 Å². The number of H-pyrrole nitrogens is 1. The predicted octanol–water partition coefficient (Wildman–Crippen LogP) is 2.71. The van der Waals surface area contributed by atoms with Crippen LogP contribution >= 0.6 is 0 Å². The van der Waals surface area contributed by atoms with Crippen LogP contribution in [-0.2, 0) is 4.79 Å². The van der Waals surface area contributed by atoms with Crippen LogP contribution in [0, 0.1) is 0 Å². The molecule has 1 aliphatic rings. The molecule has 0 aliphatic carbocycles. The van der Waals surface area contributed by atoms with Crippen molar-refractivity contribution in [1.29, 1.82) is 0 Å². The monoisotopic (exact) mass is 360 g/mol. The van der Waals surface area contributed by atoms with Crippen LogP contribution in [0.3, 0.4) is 0 Å². The summed E-state index contributed by atoms with van der Waals surface area (Å²) >= 11 is 0. The van der Waals surface area contributed by atoms with Crippen molar-refractivity contribution < 1.29 is 14.3 Å². The molecule has 3 aromatic rings. The Balaban J connectivity index is 1.51. The van der Waals surface area contributed by atoms with E-state index in [2.05, 4.69) is 20.5 Å². The molecule has 7 heteroatoms. The number of hydrogen-bond acceptors (Lipinski definition) is 5. The van der Waals surface area contributed by atoms with Crippen molar-refractivity contribution in [3.8, 4) is 17.0 Å². The maximum atomic E-state index is 12.4. The number of carbonyl (C=O) groups is 2. The molecule has 2 N–H and O–H groups in total. The van der Waals surface area contributed by atoms with Crippen molar-refractivity contribution in [2.75, 3.05) is 19.0 Å². The zero-order valence-corrected chi connectivity index (χ0v) is 14.5. The Morgan fingerprint density at radius 1 is 1.15 bits per heavy atom. The number of anilines is 1. The van der Waals surface area contributed by atoms with Gasteiger partial charge in [-0.1, -0.05) is 18.2 Å². The van der Waals surface area contributed by atoms with Crippen LogP contribution in [0.2, 0.25) is 0 Å². The predicted molar refractivity (Wildman–Crippen MR) is 101 cm³/mol. The van der Waals surface area contributed by atoms with Crippen molar-refractivity contribution in [2.24, 2.45) is 4.99 Å². The van der Waals surface area contributed by atoms with E-state index >= 15 is 0 Å². The Morgan fingerprint density at radius 2 is 1.93 bits per heavy atom. The fourth-order valence-corrected chi connectivity index (χ4v) is 2.87. The van der Waals surface area contributed by atoms with Gasteiger partial charge < -0.3 is 10.1 Å². The van der Waals surface area contributed by atoms with Gasteiger partial charge >= 0.3 is 0 Å². The van der Waals surface area contributed by atoms with E-state index in [1.165, 1.54) is 0 Å².